The molecule has 7 nitrogen and oxygen atoms in total. The van der Waals surface area contributed by atoms with Crippen LogP contribution in [0.25, 0.3) is 0 Å². The lowest BCUT2D eigenvalue weighted by Crippen LogP contribution is -2.24. The van der Waals surface area contributed by atoms with E-state index < -0.39 is 15.9 Å². The van der Waals surface area contributed by atoms with Crippen molar-refractivity contribution in [1.82, 2.24) is 14.9 Å². The number of nitrogens with one attached hydrogen (secondary N) is 2. The normalized spacial score (nSPS) is 11.4. The van der Waals surface area contributed by atoms with Crippen molar-refractivity contribution in [2.24, 2.45) is 0 Å². The van der Waals surface area contributed by atoms with Crippen LogP contribution in [0.15, 0.2) is 28.6 Å². The molecule has 0 fully saturated rings. The summed E-state index contributed by atoms with van der Waals surface area (Å²) in [6.45, 7) is 2.39. The number of hydrogen-bond acceptors (Lipinski definition) is 6. The molecule has 0 aliphatic rings. The number of rotatable bonds is 8. The first-order chi connectivity index (χ1) is 11.4. The Morgan fingerprint density at radius 3 is 2.58 bits per heavy atom. The van der Waals surface area contributed by atoms with Gasteiger partial charge in [0.15, 0.2) is 0 Å². The van der Waals surface area contributed by atoms with Crippen molar-refractivity contribution in [2.45, 2.75) is 30.5 Å². The van der Waals surface area contributed by atoms with Crippen LogP contribution in [0, 0.1) is 0 Å². The maximum absolute atomic E-state index is 12.1. The quantitative estimate of drug-likeness (QED) is 0.534. The number of anilines is 1. The van der Waals surface area contributed by atoms with Crippen LogP contribution in [-0.4, -0.2) is 31.1 Å². The molecule has 130 valence electrons. The molecule has 0 spiro atoms. The number of unbranched alkanes of at least 4 members (excludes halogenated alkanes) is 2. The first-order valence-electron chi connectivity index (χ1n) is 7.32. The van der Waals surface area contributed by atoms with Gasteiger partial charge in [0.1, 0.15) is 0 Å². The smallest absolute Gasteiger partial charge is 0.269 e. The number of halogens is 1. The van der Waals surface area contributed by atoms with E-state index in [0.29, 0.717) is 17.1 Å². The number of benzene rings is 1. The Balaban J connectivity index is 1.99. The zero-order valence-electron chi connectivity index (χ0n) is 13.0. The standard InChI is InChI=1S/C14H17ClN4O3S2/c1-2-3-4-9-16-24(21,22)14-19-18-13(23-14)17-12(20)10-5-7-11(15)8-6-10/h5-8,16H,2-4,9H2,1H3,(H,17,18,20). The van der Waals surface area contributed by atoms with Gasteiger partial charge in [-0.25, -0.2) is 13.1 Å². The van der Waals surface area contributed by atoms with E-state index in [1.54, 1.807) is 24.3 Å². The minimum Gasteiger partial charge on any atom is -0.296 e. The highest BCUT2D eigenvalue weighted by Crippen LogP contribution is 2.20. The van der Waals surface area contributed by atoms with Gasteiger partial charge in [0.2, 0.25) is 9.47 Å². The Morgan fingerprint density at radius 1 is 1.21 bits per heavy atom. The Labute approximate surface area is 149 Å². The van der Waals surface area contributed by atoms with Crippen molar-refractivity contribution in [3.8, 4) is 0 Å². The van der Waals surface area contributed by atoms with Gasteiger partial charge in [0, 0.05) is 17.1 Å². The Hall–Kier alpha value is -1.55. The summed E-state index contributed by atoms with van der Waals surface area (Å²) in [6.07, 6.45) is 2.71. The minimum absolute atomic E-state index is 0.115. The number of nitrogens with zero attached hydrogens (tertiary/aromatic N) is 2. The SMILES string of the molecule is CCCCCNS(=O)(=O)c1nnc(NC(=O)c2ccc(Cl)cc2)s1. The van der Waals surface area contributed by atoms with Crippen LogP contribution in [0.1, 0.15) is 36.5 Å². The molecular formula is C14H17ClN4O3S2. The topological polar surface area (TPSA) is 101 Å². The van der Waals surface area contributed by atoms with E-state index in [-0.39, 0.29) is 9.47 Å². The fourth-order valence-electron chi connectivity index (χ4n) is 1.78. The average molecular weight is 389 g/mol. The van der Waals surface area contributed by atoms with Crippen LogP contribution in [0.5, 0.6) is 0 Å². The van der Waals surface area contributed by atoms with E-state index in [2.05, 4.69) is 20.2 Å². The molecule has 0 atom stereocenters. The number of sulfonamides is 1. The monoisotopic (exact) mass is 388 g/mol. The molecule has 2 N–H and O–H groups in total. The third-order valence-corrected chi connectivity index (χ3v) is 5.95. The van der Waals surface area contributed by atoms with Crippen LogP contribution in [-0.2, 0) is 10.0 Å². The zero-order chi connectivity index (χ0) is 17.6. The summed E-state index contributed by atoms with van der Waals surface area (Å²) >= 11 is 6.56. The lowest BCUT2D eigenvalue weighted by molar-refractivity contribution is 0.102. The zero-order valence-corrected chi connectivity index (χ0v) is 15.3. The fourth-order valence-corrected chi connectivity index (χ4v) is 3.92. The maximum atomic E-state index is 12.1. The first kappa shape index (κ1) is 18.8. The summed E-state index contributed by atoms with van der Waals surface area (Å²) in [5, 5.41) is 10.5. The third-order valence-electron chi connectivity index (χ3n) is 3.04. The summed E-state index contributed by atoms with van der Waals surface area (Å²) < 4.78 is 26.4. The van der Waals surface area contributed by atoms with E-state index in [1.807, 2.05) is 6.92 Å². The Bertz CT molecular complexity index is 791. The van der Waals surface area contributed by atoms with E-state index in [4.69, 9.17) is 11.6 Å². The molecule has 24 heavy (non-hydrogen) atoms. The van der Waals surface area contributed by atoms with Crippen molar-refractivity contribution in [1.29, 1.82) is 0 Å². The number of amides is 1. The summed E-state index contributed by atoms with van der Waals surface area (Å²) in [5.41, 5.74) is 0.386. The van der Waals surface area contributed by atoms with Crippen molar-refractivity contribution in [3.63, 3.8) is 0 Å². The highest BCUT2D eigenvalue weighted by Gasteiger charge is 2.20. The van der Waals surface area contributed by atoms with E-state index in [9.17, 15) is 13.2 Å². The molecule has 1 aromatic heterocycles. The molecule has 2 rings (SSSR count). The maximum Gasteiger partial charge on any atom is 0.269 e. The first-order valence-corrected chi connectivity index (χ1v) is 10.00. The van der Waals surface area contributed by atoms with Gasteiger partial charge in [-0.3, -0.25) is 10.1 Å². The van der Waals surface area contributed by atoms with Crippen molar-refractivity contribution in [2.75, 3.05) is 11.9 Å². The van der Waals surface area contributed by atoms with Gasteiger partial charge in [-0.1, -0.05) is 42.7 Å². The molecule has 0 aliphatic heterocycles. The van der Waals surface area contributed by atoms with Crippen LogP contribution in [0.2, 0.25) is 5.02 Å². The van der Waals surface area contributed by atoms with Gasteiger partial charge in [0.05, 0.1) is 0 Å². The van der Waals surface area contributed by atoms with Gasteiger partial charge >= 0.3 is 0 Å². The summed E-state index contributed by atoms with van der Waals surface area (Å²) in [4.78, 5) is 12.0. The fraction of sp³-hybridized carbons (Fsp3) is 0.357. The highest BCUT2D eigenvalue weighted by molar-refractivity contribution is 7.91. The van der Waals surface area contributed by atoms with Gasteiger partial charge in [0.25, 0.3) is 15.9 Å². The molecule has 0 saturated heterocycles. The minimum atomic E-state index is -3.70. The summed E-state index contributed by atoms with van der Waals surface area (Å²) in [7, 11) is -3.70. The number of aromatic nitrogens is 2. The van der Waals surface area contributed by atoms with Crippen LogP contribution in [0.3, 0.4) is 0 Å². The molecule has 10 heteroatoms. The van der Waals surface area contributed by atoms with Crippen LogP contribution < -0.4 is 10.0 Å². The number of carbonyl (C=O) groups excluding carboxylic acids is 1. The average Bonchev–Trinajstić information content (AvgIpc) is 3.01. The second-order valence-corrected chi connectivity index (χ2v) is 8.29. The molecule has 0 bridgehead atoms. The van der Waals surface area contributed by atoms with Crippen LogP contribution in [0.4, 0.5) is 5.13 Å². The molecule has 2 aromatic rings. The van der Waals surface area contributed by atoms with Gasteiger partial charge in [-0.2, -0.15) is 0 Å². The molecule has 0 radical (unpaired) electrons. The molecule has 0 saturated carbocycles. The van der Waals surface area contributed by atoms with Crippen molar-refractivity contribution in [3.05, 3.63) is 34.9 Å². The van der Waals surface area contributed by atoms with Gasteiger partial charge in [-0.15, -0.1) is 10.2 Å². The predicted octanol–water partition coefficient (Wildman–Crippen LogP) is 2.91. The Kier molecular flexibility index (Phi) is 6.67. The third kappa shape index (κ3) is 5.23. The van der Waals surface area contributed by atoms with E-state index in [0.717, 1.165) is 30.6 Å². The lowest BCUT2D eigenvalue weighted by Gasteiger charge is -2.02. The molecule has 1 heterocycles. The van der Waals surface area contributed by atoms with Gasteiger partial charge in [-0.05, 0) is 30.7 Å². The lowest BCUT2D eigenvalue weighted by atomic mass is 10.2. The molecule has 0 aliphatic carbocycles. The van der Waals surface area contributed by atoms with Crippen LogP contribution >= 0.6 is 22.9 Å². The second kappa shape index (κ2) is 8.52. The van der Waals surface area contributed by atoms with E-state index >= 15 is 0 Å². The Morgan fingerprint density at radius 2 is 1.92 bits per heavy atom. The largest absolute Gasteiger partial charge is 0.296 e. The van der Waals surface area contributed by atoms with Crippen molar-refractivity contribution < 1.29 is 13.2 Å². The second-order valence-electron chi connectivity index (χ2n) is 4.94. The summed E-state index contributed by atoms with van der Waals surface area (Å²) in [5.74, 6) is -0.414. The molecule has 0 unspecified atom stereocenters. The molecular weight excluding hydrogens is 372 g/mol. The molecule has 1 amide bonds. The summed E-state index contributed by atoms with van der Waals surface area (Å²) in [6, 6.07) is 6.30. The molecule has 1 aromatic carbocycles. The van der Waals surface area contributed by atoms with Gasteiger partial charge < -0.3 is 0 Å². The highest BCUT2D eigenvalue weighted by atomic mass is 35.5. The number of hydrogen-bond donors (Lipinski definition) is 2. The van der Waals surface area contributed by atoms with Crippen molar-refractivity contribution >= 4 is 44.0 Å². The number of carbonyl (C=O) groups is 1. The van der Waals surface area contributed by atoms with E-state index in [1.165, 1.54) is 0 Å². The predicted molar refractivity (Wildman–Crippen MR) is 94.0 cm³/mol.